The average Bonchev–Trinajstić information content (AvgIpc) is 3.63. The van der Waals surface area contributed by atoms with Gasteiger partial charge in [-0.1, -0.05) is 35.9 Å². The molecule has 0 aliphatic carbocycles. The third kappa shape index (κ3) is 5.25. The SMILES string of the molecule is N#Cc1sccc1-c1c(-c2cccc(-c3ccc(C(=O)O)cc3Cl)c2)n(S(=O)(=O)c2ccc(C(F)F)nc2)c2ccc(F)cc12. The lowest BCUT2D eigenvalue weighted by Crippen LogP contribution is -2.15. The molecule has 6 aromatic rings. The second-order valence-corrected chi connectivity index (χ2v) is 12.8. The summed E-state index contributed by atoms with van der Waals surface area (Å²) in [5.41, 5.74) is 1.43. The Hall–Kier alpha value is -4.96. The summed E-state index contributed by atoms with van der Waals surface area (Å²) in [6.45, 7) is 0. The molecule has 0 radical (unpaired) electrons. The van der Waals surface area contributed by atoms with Crippen LogP contribution in [0.4, 0.5) is 13.2 Å². The van der Waals surface area contributed by atoms with Crippen LogP contribution in [0.3, 0.4) is 0 Å². The van der Waals surface area contributed by atoms with E-state index in [9.17, 15) is 36.8 Å². The zero-order valence-electron chi connectivity index (χ0n) is 22.6. The summed E-state index contributed by atoms with van der Waals surface area (Å²) in [5, 5.41) is 21.2. The summed E-state index contributed by atoms with van der Waals surface area (Å²) < 4.78 is 71.0. The number of thiophene rings is 1. The van der Waals surface area contributed by atoms with Gasteiger partial charge in [-0.05, 0) is 65.5 Å². The largest absolute Gasteiger partial charge is 0.478 e. The molecule has 224 valence electrons. The monoisotopic (exact) mass is 663 g/mol. The number of carbonyl (C=O) groups is 1. The van der Waals surface area contributed by atoms with Crippen molar-refractivity contribution in [1.29, 1.82) is 5.26 Å². The lowest BCUT2D eigenvalue weighted by atomic mass is 9.96. The highest BCUT2D eigenvalue weighted by Gasteiger charge is 2.31. The Kier molecular flexibility index (Phi) is 7.70. The minimum Gasteiger partial charge on any atom is -0.478 e. The number of alkyl halides is 2. The molecule has 1 N–H and O–H groups in total. The summed E-state index contributed by atoms with van der Waals surface area (Å²) in [6.07, 6.45) is -2.08. The molecule has 6 rings (SSSR count). The van der Waals surface area contributed by atoms with E-state index >= 15 is 0 Å². The topological polar surface area (TPSA) is 113 Å². The van der Waals surface area contributed by atoms with E-state index in [4.69, 9.17) is 11.6 Å². The van der Waals surface area contributed by atoms with Crippen molar-refractivity contribution in [3.05, 3.63) is 117 Å². The van der Waals surface area contributed by atoms with E-state index in [0.29, 0.717) is 22.3 Å². The van der Waals surface area contributed by atoms with Gasteiger partial charge in [0.2, 0.25) is 0 Å². The fraction of sp³-hybridized carbons (Fsp3) is 0.0312. The quantitative estimate of drug-likeness (QED) is 0.183. The Balaban J connectivity index is 1.70. The summed E-state index contributed by atoms with van der Waals surface area (Å²) >= 11 is 7.58. The number of aromatic nitrogens is 2. The van der Waals surface area contributed by atoms with Crippen LogP contribution in [0.5, 0.6) is 0 Å². The molecular formula is C32H17ClF3N3O4S2. The molecule has 0 aliphatic rings. The predicted molar refractivity (Wildman–Crippen MR) is 165 cm³/mol. The molecule has 0 saturated heterocycles. The van der Waals surface area contributed by atoms with Gasteiger partial charge in [-0.25, -0.2) is 30.4 Å². The number of benzene rings is 3. The highest BCUT2D eigenvalue weighted by atomic mass is 35.5. The zero-order chi connectivity index (χ0) is 32.0. The van der Waals surface area contributed by atoms with Gasteiger partial charge in [-0.3, -0.25) is 4.98 Å². The van der Waals surface area contributed by atoms with Crippen LogP contribution in [0.15, 0.2) is 95.3 Å². The molecule has 45 heavy (non-hydrogen) atoms. The molecule has 3 aromatic heterocycles. The van der Waals surface area contributed by atoms with Crippen LogP contribution in [0.25, 0.3) is 44.4 Å². The minimum absolute atomic E-state index is 0.0246. The van der Waals surface area contributed by atoms with Gasteiger partial charge in [0, 0.05) is 38.9 Å². The highest BCUT2D eigenvalue weighted by molar-refractivity contribution is 7.90. The maximum Gasteiger partial charge on any atom is 0.335 e. The molecule has 0 fully saturated rings. The van der Waals surface area contributed by atoms with Crippen LogP contribution in [-0.2, 0) is 10.0 Å². The molecule has 0 saturated carbocycles. The third-order valence-electron chi connectivity index (χ3n) is 7.11. The first-order chi connectivity index (χ1) is 21.5. The van der Waals surface area contributed by atoms with Crippen LogP contribution in [0.1, 0.15) is 27.4 Å². The minimum atomic E-state index is -4.57. The van der Waals surface area contributed by atoms with Gasteiger partial charge in [-0.2, -0.15) is 5.26 Å². The van der Waals surface area contributed by atoms with E-state index in [1.165, 1.54) is 30.3 Å². The molecule has 0 unspecified atom stereocenters. The summed E-state index contributed by atoms with van der Waals surface area (Å²) in [7, 11) is -4.57. The normalized spacial score (nSPS) is 11.6. The Morgan fingerprint density at radius 3 is 2.44 bits per heavy atom. The summed E-state index contributed by atoms with van der Waals surface area (Å²) in [6, 6.07) is 20.0. The molecule has 13 heteroatoms. The van der Waals surface area contributed by atoms with E-state index < -0.39 is 38.8 Å². The number of aromatic carboxylic acids is 1. The average molecular weight is 664 g/mol. The molecule has 0 aliphatic heterocycles. The Bertz CT molecular complexity index is 2290. The fourth-order valence-corrected chi connectivity index (χ4v) is 7.58. The van der Waals surface area contributed by atoms with Crippen molar-refractivity contribution in [2.75, 3.05) is 0 Å². The van der Waals surface area contributed by atoms with E-state index in [2.05, 4.69) is 11.1 Å². The van der Waals surface area contributed by atoms with E-state index in [-0.39, 0.29) is 37.6 Å². The lowest BCUT2D eigenvalue weighted by Gasteiger charge is -2.15. The van der Waals surface area contributed by atoms with E-state index in [1.807, 2.05) is 0 Å². The van der Waals surface area contributed by atoms with Crippen molar-refractivity contribution in [3.63, 3.8) is 0 Å². The van der Waals surface area contributed by atoms with Crippen molar-refractivity contribution in [2.24, 2.45) is 0 Å². The van der Waals surface area contributed by atoms with Crippen LogP contribution >= 0.6 is 22.9 Å². The Labute approximate surface area is 263 Å². The first-order valence-electron chi connectivity index (χ1n) is 13.0. The van der Waals surface area contributed by atoms with E-state index in [1.54, 1.807) is 35.7 Å². The fourth-order valence-electron chi connectivity index (χ4n) is 5.11. The number of nitriles is 1. The Morgan fingerprint density at radius 2 is 1.78 bits per heavy atom. The van der Waals surface area contributed by atoms with Crippen molar-refractivity contribution in [2.45, 2.75) is 11.3 Å². The summed E-state index contributed by atoms with van der Waals surface area (Å²) in [5.74, 6) is -1.82. The van der Waals surface area contributed by atoms with Crippen molar-refractivity contribution < 1.29 is 31.5 Å². The molecule has 0 amide bonds. The number of hydrogen-bond acceptors (Lipinski definition) is 6. The highest BCUT2D eigenvalue weighted by Crippen LogP contribution is 2.46. The number of fused-ring (bicyclic) bond motifs is 1. The van der Waals surface area contributed by atoms with Crippen LogP contribution < -0.4 is 0 Å². The van der Waals surface area contributed by atoms with Gasteiger partial charge in [-0.15, -0.1) is 11.3 Å². The van der Waals surface area contributed by atoms with Gasteiger partial charge in [0.05, 0.1) is 16.8 Å². The van der Waals surface area contributed by atoms with Crippen LogP contribution in [0, 0.1) is 17.1 Å². The van der Waals surface area contributed by atoms with Crippen molar-refractivity contribution in [1.82, 2.24) is 8.96 Å². The number of carboxylic acids is 1. The first-order valence-corrected chi connectivity index (χ1v) is 15.7. The smallest absolute Gasteiger partial charge is 0.335 e. The molecule has 0 bridgehead atoms. The maximum atomic E-state index is 14.8. The number of rotatable bonds is 7. The van der Waals surface area contributed by atoms with E-state index in [0.717, 1.165) is 39.7 Å². The molecule has 3 heterocycles. The Morgan fingerprint density at radius 1 is 1.00 bits per heavy atom. The number of nitrogens with zero attached hydrogens (tertiary/aromatic N) is 3. The van der Waals surface area contributed by atoms with Crippen LogP contribution in [0.2, 0.25) is 5.02 Å². The molecular weight excluding hydrogens is 647 g/mol. The molecule has 7 nitrogen and oxygen atoms in total. The van der Waals surface area contributed by atoms with Gasteiger partial charge in [0.15, 0.2) is 0 Å². The maximum absolute atomic E-state index is 14.8. The second-order valence-electron chi connectivity index (χ2n) is 9.73. The van der Waals surface area contributed by atoms with Crippen LogP contribution in [-0.4, -0.2) is 28.5 Å². The second kappa shape index (κ2) is 11.5. The van der Waals surface area contributed by atoms with Gasteiger partial charge in [0.25, 0.3) is 16.4 Å². The predicted octanol–water partition coefficient (Wildman–Crippen LogP) is 8.64. The zero-order valence-corrected chi connectivity index (χ0v) is 25.0. The standard InChI is InChI=1S/C32H17ClF3N3O4S2/c33-25-13-19(32(40)41)4-7-22(25)17-2-1-3-18(12-17)30-29(23-10-11-44-28(23)15-37)24-14-20(34)5-9-27(24)39(30)45(42,43)21-6-8-26(31(35)36)38-16-21/h1-14,16,31H,(H,40,41). The number of carboxylic acid groups (broad SMARTS) is 1. The molecule has 3 aromatic carbocycles. The van der Waals surface area contributed by atoms with Crippen molar-refractivity contribution >= 4 is 49.8 Å². The van der Waals surface area contributed by atoms with Gasteiger partial charge in [0.1, 0.15) is 27.4 Å². The number of pyridine rings is 1. The number of hydrogen-bond donors (Lipinski definition) is 1. The number of halogens is 4. The summed E-state index contributed by atoms with van der Waals surface area (Å²) in [4.78, 5) is 14.9. The molecule has 0 atom stereocenters. The van der Waals surface area contributed by atoms with Crippen molar-refractivity contribution in [3.8, 4) is 39.6 Å². The first kappa shape index (κ1) is 30.1. The molecule has 0 spiro atoms. The van der Waals surface area contributed by atoms with Gasteiger partial charge < -0.3 is 5.11 Å². The van der Waals surface area contributed by atoms with Gasteiger partial charge >= 0.3 is 5.97 Å². The lowest BCUT2D eigenvalue weighted by molar-refractivity contribution is 0.0697. The third-order valence-corrected chi connectivity index (χ3v) is 9.94.